The molecule has 0 aliphatic rings. The Morgan fingerprint density at radius 2 is 1.37 bits per heavy atom. The van der Waals surface area contributed by atoms with Crippen molar-refractivity contribution in [2.45, 2.75) is 64.2 Å². The summed E-state index contributed by atoms with van der Waals surface area (Å²) >= 11 is 0. The van der Waals surface area contributed by atoms with Gasteiger partial charge in [-0.05, 0) is 19.3 Å². The van der Waals surface area contributed by atoms with E-state index in [2.05, 4.69) is 16.0 Å². The predicted octanol–water partition coefficient (Wildman–Crippen LogP) is -2.13. The Bertz CT molecular complexity index is 680. The van der Waals surface area contributed by atoms with E-state index in [4.69, 9.17) is 21.1 Å². The minimum absolute atomic E-state index is 0.229. The molecule has 170 valence electrons. The molecule has 0 saturated carbocycles. The molecule has 0 bridgehead atoms. The molecule has 0 aromatic heterocycles. The predicted molar refractivity (Wildman–Crippen MR) is 101 cm³/mol. The number of carboxylic acid groups (broad SMARTS) is 3. The summed E-state index contributed by atoms with van der Waals surface area (Å²) in [5.41, 5.74) is 5.55. The Morgan fingerprint density at radius 1 is 0.800 bits per heavy atom. The van der Waals surface area contributed by atoms with Crippen LogP contribution in [0.4, 0.5) is 0 Å². The number of aliphatic carboxylic acids is 3. The molecule has 0 aromatic rings. The first-order valence-corrected chi connectivity index (χ1v) is 9.09. The van der Waals surface area contributed by atoms with E-state index < -0.39 is 78.6 Å². The number of rotatable bonds is 13. The van der Waals surface area contributed by atoms with Gasteiger partial charge in [-0.15, -0.1) is 0 Å². The highest BCUT2D eigenvalue weighted by molar-refractivity contribution is 5.95. The summed E-state index contributed by atoms with van der Waals surface area (Å²) in [5, 5.41) is 33.2. The molecule has 0 aliphatic heterocycles. The van der Waals surface area contributed by atoms with Crippen LogP contribution < -0.4 is 21.7 Å². The monoisotopic (exact) mass is 432 g/mol. The third-order valence-corrected chi connectivity index (χ3v) is 3.99. The third-order valence-electron chi connectivity index (χ3n) is 3.99. The first kappa shape index (κ1) is 26.8. The number of amides is 3. The molecule has 4 atom stereocenters. The van der Waals surface area contributed by atoms with Crippen molar-refractivity contribution < 1.29 is 44.1 Å². The fourth-order valence-corrected chi connectivity index (χ4v) is 2.23. The van der Waals surface area contributed by atoms with Crippen molar-refractivity contribution in [3.05, 3.63) is 0 Å². The van der Waals surface area contributed by atoms with E-state index in [1.165, 1.54) is 6.92 Å². The molecule has 0 spiro atoms. The van der Waals surface area contributed by atoms with E-state index in [-0.39, 0.29) is 6.42 Å². The Morgan fingerprint density at radius 3 is 1.80 bits per heavy atom. The molecule has 13 nitrogen and oxygen atoms in total. The van der Waals surface area contributed by atoms with Crippen LogP contribution in [0.15, 0.2) is 0 Å². The quantitative estimate of drug-likeness (QED) is 0.167. The van der Waals surface area contributed by atoms with Gasteiger partial charge in [0.1, 0.15) is 18.1 Å². The molecule has 0 saturated heterocycles. The lowest BCUT2D eigenvalue weighted by molar-refractivity contribution is -0.143. The van der Waals surface area contributed by atoms with Crippen molar-refractivity contribution in [3.63, 3.8) is 0 Å². The topological polar surface area (TPSA) is 225 Å². The van der Waals surface area contributed by atoms with Crippen LogP contribution in [0.3, 0.4) is 0 Å². The number of nitrogens with one attached hydrogen (secondary N) is 3. The zero-order valence-corrected chi connectivity index (χ0v) is 16.9. The average Bonchev–Trinajstić information content (AvgIpc) is 2.62. The Kier molecular flexibility index (Phi) is 11.0. The second-order valence-corrected chi connectivity index (χ2v) is 7.00. The molecule has 0 radical (unpaired) electrons. The van der Waals surface area contributed by atoms with Crippen LogP contribution in [0.25, 0.3) is 0 Å². The van der Waals surface area contributed by atoms with Gasteiger partial charge in [-0.1, -0.05) is 13.8 Å². The normalized spacial score (nSPS) is 14.7. The van der Waals surface area contributed by atoms with Crippen LogP contribution in [0, 0.1) is 5.92 Å². The fraction of sp³-hybridized carbons (Fsp3) is 0.647. The molecule has 8 N–H and O–H groups in total. The van der Waals surface area contributed by atoms with Gasteiger partial charge < -0.3 is 37.0 Å². The molecule has 0 rings (SSSR count). The third kappa shape index (κ3) is 9.82. The lowest BCUT2D eigenvalue weighted by Gasteiger charge is -2.26. The highest BCUT2D eigenvalue weighted by Gasteiger charge is 2.32. The van der Waals surface area contributed by atoms with Gasteiger partial charge in [-0.25, -0.2) is 0 Å². The summed E-state index contributed by atoms with van der Waals surface area (Å²) < 4.78 is 0. The minimum Gasteiger partial charge on any atom is -0.481 e. The maximum Gasteiger partial charge on any atom is 0.325 e. The summed E-state index contributed by atoms with van der Waals surface area (Å²) in [6, 6.07) is -5.30. The van der Waals surface area contributed by atoms with E-state index in [1.54, 1.807) is 13.8 Å². The van der Waals surface area contributed by atoms with Crippen LogP contribution in [0.5, 0.6) is 0 Å². The van der Waals surface area contributed by atoms with Crippen molar-refractivity contribution in [1.82, 2.24) is 16.0 Å². The van der Waals surface area contributed by atoms with E-state index in [0.29, 0.717) is 0 Å². The number of hydrogen-bond donors (Lipinski definition) is 7. The average molecular weight is 432 g/mol. The SMILES string of the molecule is CC(NC(=O)C(NC(=O)C(CC(=O)O)NC(=O)C(N)CCC(=O)O)C(C)C)C(=O)O. The van der Waals surface area contributed by atoms with Crippen molar-refractivity contribution in [1.29, 1.82) is 0 Å². The highest BCUT2D eigenvalue weighted by Crippen LogP contribution is 2.05. The largest absolute Gasteiger partial charge is 0.481 e. The van der Waals surface area contributed by atoms with Crippen LogP contribution in [-0.2, 0) is 28.8 Å². The Hall–Kier alpha value is -3.22. The molecular formula is C17H28N4O9. The van der Waals surface area contributed by atoms with Gasteiger partial charge >= 0.3 is 17.9 Å². The molecule has 30 heavy (non-hydrogen) atoms. The van der Waals surface area contributed by atoms with Crippen LogP contribution >= 0.6 is 0 Å². The fourth-order valence-electron chi connectivity index (χ4n) is 2.23. The van der Waals surface area contributed by atoms with E-state index in [1.807, 2.05) is 0 Å². The molecule has 13 heteroatoms. The number of nitrogens with two attached hydrogens (primary N) is 1. The number of carbonyl (C=O) groups is 6. The summed E-state index contributed by atoms with van der Waals surface area (Å²) in [6.45, 7) is 4.37. The maximum atomic E-state index is 12.5. The van der Waals surface area contributed by atoms with Crippen molar-refractivity contribution in [3.8, 4) is 0 Å². The summed E-state index contributed by atoms with van der Waals surface area (Å²) in [5.74, 6) is -7.10. The molecule has 4 unspecified atom stereocenters. The number of carbonyl (C=O) groups excluding carboxylic acids is 3. The Balaban J connectivity index is 5.27. The van der Waals surface area contributed by atoms with Gasteiger partial charge in [0.25, 0.3) is 0 Å². The summed E-state index contributed by atoms with van der Waals surface area (Å²) in [6.07, 6.45) is -1.45. The molecule has 0 aliphatic carbocycles. The second kappa shape index (κ2) is 12.4. The standard InChI is InChI=1S/C17H28N4O9/c1-7(2)13(16(28)19-8(3)17(29)30)21-15(27)10(6-12(24)25)20-14(26)9(18)4-5-11(22)23/h7-10,13H,4-6,18H2,1-3H3,(H,19,28)(H,20,26)(H,21,27)(H,22,23)(H,24,25)(H,29,30). The van der Waals surface area contributed by atoms with E-state index in [0.717, 1.165) is 0 Å². The van der Waals surface area contributed by atoms with Gasteiger partial charge in [0.15, 0.2) is 0 Å². The molecule has 0 fully saturated rings. The van der Waals surface area contributed by atoms with E-state index >= 15 is 0 Å². The molecular weight excluding hydrogens is 404 g/mol. The van der Waals surface area contributed by atoms with Crippen molar-refractivity contribution >= 4 is 35.6 Å². The van der Waals surface area contributed by atoms with Gasteiger partial charge in [0.05, 0.1) is 12.5 Å². The zero-order chi connectivity index (χ0) is 23.6. The van der Waals surface area contributed by atoms with Gasteiger partial charge in [-0.3, -0.25) is 28.8 Å². The molecule has 0 aromatic carbocycles. The molecule has 0 heterocycles. The first-order valence-electron chi connectivity index (χ1n) is 9.09. The minimum atomic E-state index is -1.59. The van der Waals surface area contributed by atoms with E-state index in [9.17, 15) is 28.8 Å². The Labute approximate surface area is 172 Å². The number of carboxylic acids is 3. The van der Waals surface area contributed by atoms with Crippen LogP contribution in [0.2, 0.25) is 0 Å². The first-order chi connectivity index (χ1) is 13.8. The maximum absolute atomic E-state index is 12.5. The van der Waals surface area contributed by atoms with Crippen molar-refractivity contribution in [2.75, 3.05) is 0 Å². The van der Waals surface area contributed by atoms with Gasteiger partial charge in [0, 0.05) is 6.42 Å². The van der Waals surface area contributed by atoms with Crippen LogP contribution in [0.1, 0.15) is 40.0 Å². The van der Waals surface area contributed by atoms with Gasteiger partial charge in [0.2, 0.25) is 17.7 Å². The lowest BCUT2D eigenvalue weighted by Crippen LogP contribution is -2.58. The number of hydrogen-bond acceptors (Lipinski definition) is 7. The zero-order valence-electron chi connectivity index (χ0n) is 16.9. The summed E-state index contributed by atoms with van der Waals surface area (Å²) in [7, 11) is 0. The second-order valence-electron chi connectivity index (χ2n) is 7.00. The lowest BCUT2D eigenvalue weighted by atomic mass is 10.0. The van der Waals surface area contributed by atoms with Gasteiger partial charge in [-0.2, -0.15) is 0 Å². The highest BCUT2D eigenvalue weighted by atomic mass is 16.4. The van der Waals surface area contributed by atoms with Crippen LogP contribution in [-0.4, -0.2) is 75.1 Å². The van der Waals surface area contributed by atoms with Crippen molar-refractivity contribution in [2.24, 2.45) is 11.7 Å². The summed E-state index contributed by atoms with van der Waals surface area (Å²) in [4.78, 5) is 69.4. The molecule has 3 amide bonds. The smallest absolute Gasteiger partial charge is 0.325 e.